The number of carbonyl (C=O) groups is 1. The summed E-state index contributed by atoms with van der Waals surface area (Å²) in [4.78, 5) is 13.0. The largest absolute Gasteiger partial charge is 0.395 e. The summed E-state index contributed by atoms with van der Waals surface area (Å²) in [6.07, 6.45) is 1.96. The lowest BCUT2D eigenvalue weighted by molar-refractivity contribution is 0.1000. The zero-order chi connectivity index (χ0) is 13.1. The SMILES string of the molecule is NC(=O)c1ccc(CN2CCC[C@H]2CO)c(F)c1. The minimum absolute atomic E-state index is 0.0982. The zero-order valence-electron chi connectivity index (χ0n) is 10.1. The molecule has 1 saturated heterocycles. The fourth-order valence-electron chi connectivity index (χ4n) is 2.36. The van der Waals surface area contributed by atoms with Crippen LogP contribution < -0.4 is 5.73 Å². The van der Waals surface area contributed by atoms with E-state index in [2.05, 4.69) is 4.90 Å². The van der Waals surface area contributed by atoms with Gasteiger partial charge in [-0.3, -0.25) is 9.69 Å². The molecular formula is C13H17FN2O2. The summed E-state index contributed by atoms with van der Waals surface area (Å²) < 4.78 is 13.8. The van der Waals surface area contributed by atoms with Gasteiger partial charge in [-0.2, -0.15) is 0 Å². The smallest absolute Gasteiger partial charge is 0.248 e. The number of hydrogen-bond acceptors (Lipinski definition) is 3. The van der Waals surface area contributed by atoms with Crippen LogP contribution in [0, 0.1) is 5.82 Å². The molecule has 0 saturated carbocycles. The Bertz CT molecular complexity index is 451. The minimum Gasteiger partial charge on any atom is -0.395 e. The normalized spacial score (nSPS) is 20.2. The Morgan fingerprint density at radius 1 is 1.56 bits per heavy atom. The Labute approximate surface area is 105 Å². The van der Waals surface area contributed by atoms with E-state index < -0.39 is 11.7 Å². The van der Waals surface area contributed by atoms with Gasteiger partial charge in [-0.1, -0.05) is 6.07 Å². The number of amides is 1. The minimum atomic E-state index is -0.630. The van der Waals surface area contributed by atoms with E-state index in [4.69, 9.17) is 5.73 Å². The maximum atomic E-state index is 13.8. The van der Waals surface area contributed by atoms with Gasteiger partial charge in [0.15, 0.2) is 0 Å². The topological polar surface area (TPSA) is 66.6 Å². The van der Waals surface area contributed by atoms with Gasteiger partial charge in [-0.05, 0) is 31.5 Å². The number of likely N-dealkylation sites (tertiary alicyclic amines) is 1. The van der Waals surface area contributed by atoms with Gasteiger partial charge < -0.3 is 10.8 Å². The Morgan fingerprint density at radius 2 is 2.33 bits per heavy atom. The fourth-order valence-corrected chi connectivity index (χ4v) is 2.36. The number of hydrogen-bond donors (Lipinski definition) is 2. The molecule has 0 spiro atoms. The standard InChI is InChI=1S/C13H17FN2O2/c14-12-6-9(13(15)18)3-4-10(12)7-16-5-1-2-11(16)8-17/h3-4,6,11,17H,1-2,5,7-8H2,(H2,15,18)/t11-/m0/s1. The molecule has 4 nitrogen and oxygen atoms in total. The molecule has 3 N–H and O–H groups in total. The number of carbonyl (C=O) groups excluding carboxylic acids is 1. The summed E-state index contributed by atoms with van der Waals surface area (Å²) >= 11 is 0. The number of nitrogens with two attached hydrogens (primary N) is 1. The molecule has 1 aliphatic rings. The highest BCUT2D eigenvalue weighted by molar-refractivity contribution is 5.92. The molecule has 18 heavy (non-hydrogen) atoms. The molecule has 5 heteroatoms. The molecule has 1 atom stereocenters. The number of benzene rings is 1. The molecule has 0 unspecified atom stereocenters. The molecule has 0 aromatic heterocycles. The van der Waals surface area contributed by atoms with Gasteiger partial charge in [0.2, 0.25) is 5.91 Å². The van der Waals surface area contributed by atoms with E-state index in [9.17, 15) is 14.3 Å². The third-order valence-corrected chi connectivity index (χ3v) is 3.42. The fraction of sp³-hybridized carbons (Fsp3) is 0.462. The molecule has 1 amide bonds. The number of aliphatic hydroxyl groups excluding tert-OH is 1. The predicted molar refractivity (Wildman–Crippen MR) is 65.4 cm³/mol. The van der Waals surface area contributed by atoms with Crippen molar-refractivity contribution in [3.8, 4) is 0 Å². The lowest BCUT2D eigenvalue weighted by atomic mass is 10.1. The van der Waals surface area contributed by atoms with Gasteiger partial charge in [0.25, 0.3) is 0 Å². The molecule has 2 rings (SSSR count). The van der Waals surface area contributed by atoms with E-state index in [1.54, 1.807) is 6.07 Å². The van der Waals surface area contributed by atoms with E-state index >= 15 is 0 Å². The highest BCUT2D eigenvalue weighted by atomic mass is 19.1. The van der Waals surface area contributed by atoms with E-state index in [-0.39, 0.29) is 18.2 Å². The first kappa shape index (κ1) is 13.0. The van der Waals surface area contributed by atoms with Crippen LogP contribution in [0.4, 0.5) is 4.39 Å². The van der Waals surface area contributed by atoms with Crippen LogP contribution in [0.3, 0.4) is 0 Å². The van der Waals surface area contributed by atoms with Crippen molar-refractivity contribution in [3.63, 3.8) is 0 Å². The summed E-state index contributed by atoms with van der Waals surface area (Å²) in [7, 11) is 0. The maximum absolute atomic E-state index is 13.8. The summed E-state index contributed by atoms with van der Waals surface area (Å²) in [5.41, 5.74) is 5.80. The van der Waals surface area contributed by atoms with Crippen molar-refractivity contribution in [2.75, 3.05) is 13.2 Å². The molecule has 0 aliphatic carbocycles. The number of primary amides is 1. The average molecular weight is 252 g/mol. The van der Waals surface area contributed by atoms with Crippen LogP contribution in [0.2, 0.25) is 0 Å². The van der Waals surface area contributed by atoms with Gasteiger partial charge in [0, 0.05) is 23.7 Å². The average Bonchev–Trinajstić information content (AvgIpc) is 2.78. The third-order valence-electron chi connectivity index (χ3n) is 3.42. The van der Waals surface area contributed by atoms with Crippen molar-refractivity contribution >= 4 is 5.91 Å². The van der Waals surface area contributed by atoms with Crippen LogP contribution in [0.25, 0.3) is 0 Å². The van der Waals surface area contributed by atoms with Crippen molar-refractivity contribution in [2.45, 2.75) is 25.4 Å². The molecule has 1 aromatic carbocycles. The Morgan fingerprint density at radius 3 is 2.94 bits per heavy atom. The first-order valence-electron chi connectivity index (χ1n) is 6.05. The molecule has 1 aliphatic heterocycles. The number of halogens is 1. The zero-order valence-corrected chi connectivity index (χ0v) is 10.1. The molecule has 1 heterocycles. The second-order valence-corrected chi connectivity index (χ2v) is 4.62. The molecule has 98 valence electrons. The van der Waals surface area contributed by atoms with Gasteiger partial charge in [0.05, 0.1) is 6.61 Å². The van der Waals surface area contributed by atoms with E-state index in [0.29, 0.717) is 12.1 Å². The Hall–Kier alpha value is -1.46. The van der Waals surface area contributed by atoms with Gasteiger partial charge >= 0.3 is 0 Å². The van der Waals surface area contributed by atoms with Gasteiger partial charge in [0.1, 0.15) is 5.82 Å². The monoisotopic (exact) mass is 252 g/mol. The summed E-state index contributed by atoms with van der Waals surface area (Å²) in [6.45, 7) is 1.42. The van der Waals surface area contributed by atoms with Crippen LogP contribution in [0.15, 0.2) is 18.2 Å². The van der Waals surface area contributed by atoms with Gasteiger partial charge in [-0.25, -0.2) is 4.39 Å². The van der Waals surface area contributed by atoms with E-state index in [1.165, 1.54) is 12.1 Å². The summed E-state index contributed by atoms with van der Waals surface area (Å²) in [5, 5.41) is 9.20. The first-order valence-corrected chi connectivity index (χ1v) is 6.05. The molecule has 0 bridgehead atoms. The maximum Gasteiger partial charge on any atom is 0.248 e. The summed E-state index contributed by atoms with van der Waals surface area (Å²) in [6, 6.07) is 4.40. The molecule has 1 aromatic rings. The quantitative estimate of drug-likeness (QED) is 0.836. The van der Waals surface area contributed by atoms with Crippen LogP contribution >= 0.6 is 0 Å². The van der Waals surface area contributed by atoms with Crippen LogP contribution in [0.1, 0.15) is 28.8 Å². The Kier molecular flexibility index (Phi) is 3.93. The second kappa shape index (κ2) is 5.46. The van der Waals surface area contributed by atoms with Crippen molar-refractivity contribution in [3.05, 3.63) is 35.1 Å². The van der Waals surface area contributed by atoms with Gasteiger partial charge in [-0.15, -0.1) is 0 Å². The van der Waals surface area contributed by atoms with Crippen molar-refractivity contribution in [2.24, 2.45) is 5.73 Å². The van der Waals surface area contributed by atoms with Crippen molar-refractivity contribution < 1.29 is 14.3 Å². The molecular weight excluding hydrogens is 235 g/mol. The predicted octanol–water partition coefficient (Wildman–Crippen LogP) is 0.881. The van der Waals surface area contributed by atoms with Crippen molar-refractivity contribution in [1.82, 2.24) is 4.90 Å². The van der Waals surface area contributed by atoms with E-state index in [0.717, 1.165) is 19.4 Å². The summed E-state index contributed by atoms with van der Waals surface area (Å²) in [5.74, 6) is -1.05. The highest BCUT2D eigenvalue weighted by Crippen LogP contribution is 2.21. The second-order valence-electron chi connectivity index (χ2n) is 4.62. The molecule has 0 radical (unpaired) electrons. The van der Waals surface area contributed by atoms with Crippen LogP contribution in [-0.2, 0) is 6.54 Å². The lowest BCUT2D eigenvalue weighted by Crippen LogP contribution is -2.32. The molecule has 1 fully saturated rings. The Balaban J connectivity index is 2.12. The number of rotatable bonds is 4. The number of aliphatic hydroxyl groups is 1. The third kappa shape index (κ3) is 2.68. The van der Waals surface area contributed by atoms with E-state index in [1.807, 2.05) is 0 Å². The van der Waals surface area contributed by atoms with Crippen LogP contribution in [-0.4, -0.2) is 35.1 Å². The lowest BCUT2D eigenvalue weighted by Gasteiger charge is -2.22. The number of nitrogens with zero attached hydrogens (tertiary/aromatic N) is 1. The van der Waals surface area contributed by atoms with Crippen molar-refractivity contribution in [1.29, 1.82) is 0 Å². The highest BCUT2D eigenvalue weighted by Gasteiger charge is 2.24. The first-order chi connectivity index (χ1) is 8.61. The van der Waals surface area contributed by atoms with Crippen LogP contribution in [0.5, 0.6) is 0 Å².